The molecule has 2 N–H and O–H groups in total. The van der Waals surface area contributed by atoms with Gasteiger partial charge in [-0.2, -0.15) is 5.10 Å². The van der Waals surface area contributed by atoms with E-state index >= 15 is 0 Å². The molecule has 0 radical (unpaired) electrons. The molecule has 5 nitrogen and oxygen atoms in total. The third-order valence-electron chi connectivity index (χ3n) is 2.64. The van der Waals surface area contributed by atoms with Crippen molar-refractivity contribution < 1.29 is 4.74 Å². The summed E-state index contributed by atoms with van der Waals surface area (Å²) >= 11 is 3.33. The smallest absolute Gasteiger partial charge is 0.243 e. The van der Waals surface area contributed by atoms with E-state index in [2.05, 4.69) is 31.1 Å². The molecule has 0 saturated carbocycles. The van der Waals surface area contributed by atoms with Crippen LogP contribution >= 0.6 is 15.9 Å². The van der Waals surface area contributed by atoms with Gasteiger partial charge in [-0.3, -0.25) is 4.98 Å². The summed E-state index contributed by atoms with van der Waals surface area (Å²) in [5, 5.41) is 8.08. The number of nitrogens with zero attached hydrogens (tertiary/aromatic N) is 3. The number of ether oxygens (including phenoxy) is 1. The highest BCUT2D eigenvalue weighted by Gasteiger charge is 2.12. The van der Waals surface area contributed by atoms with Crippen molar-refractivity contribution in [2.24, 2.45) is 5.73 Å². The minimum atomic E-state index is 0.360. The third-order valence-corrected chi connectivity index (χ3v) is 3.08. The molecule has 18 heavy (non-hydrogen) atoms. The van der Waals surface area contributed by atoms with Crippen molar-refractivity contribution >= 4 is 15.9 Å². The molecule has 6 heteroatoms. The molecule has 2 rings (SSSR count). The van der Waals surface area contributed by atoms with Gasteiger partial charge >= 0.3 is 0 Å². The highest BCUT2D eigenvalue weighted by molar-refractivity contribution is 9.10. The zero-order valence-corrected chi connectivity index (χ0v) is 11.7. The number of hydrogen-bond acceptors (Lipinski definition) is 5. The van der Waals surface area contributed by atoms with Gasteiger partial charge in [0.1, 0.15) is 5.75 Å². The van der Waals surface area contributed by atoms with Crippen molar-refractivity contribution in [3.05, 3.63) is 39.8 Å². The van der Waals surface area contributed by atoms with Gasteiger partial charge < -0.3 is 10.5 Å². The maximum Gasteiger partial charge on any atom is 0.243 e. The highest BCUT2D eigenvalue weighted by Crippen LogP contribution is 2.26. The van der Waals surface area contributed by atoms with Crippen molar-refractivity contribution in [1.29, 1.82) is 0 Å². The van der Waals surface area contributed by atoms with E-state index in [4.69, 9.17) is 10.5 Å². The summed E-state index contributed by atoms with van der Waals surface area (Å²) in [7, 11) is 0. The van der Waals surface area contributed by atoms with Crippen molar-refractivity contribution in [3.8, 4) is 11.6 Å². The van der Waals surface area contributed by atoms with Crippen molar-refractivity contribution in [1.82, 2.24) is 15.2 Å². The lowest BCUT2D eigenvalue weighted by Crippen LogP contribution is -2.07. The minimum absolute atomic E-state index is 0.360. The molecule has 0 amide bonds. The molecule has 0 unspecified atom stereocenters. The molecule has 2 aromatic heterocycles. The number of hydrogen-bond donors (Lipinski definition) is 1. The van der Waals surface area contributed by atoms with Gasteiger partial charge in [-0.05, 0) is 41.4 Å². The fourth-order valence-electron chi connectivity index (χ4n) is 1.52. The number of aryl methyl sites for hydroxylation is 1. The molecular formula is C12H13BrN4O. The highest BCUT2D eigenvalue weighted by atomic mass is 79.9. The molecule has 0 bridgehead atoms. The number of nitrogens with two attached hydrogens (primary N) is 1. The van der Waals surface area contributed by atoms with Crippen molar-refractivity contribution in [2.45, 2.75) is 20.4 Å². The summed E-state index contributed by atoms with van der Waals surface area (Å²) in [6.45, 7) is 4.21. The molecule has 0 saturated heterocycles. The Bertz CT molecular complexity index is 574. The van der Waals surface area contributed by atoms with Crippen LogP contribution in [0.3, 0.4) is 0 Å². The second-order valence-corrected chi connectivity index (χ2v) is 4.75. The molecule has 2 heterocycles. The van der Waals surface area contributed by atoms with Gasteiger partial charge in [0.05, 0.1) is 11.9 Å². The molecule has 0 fully saturated rings. The second kappa shape index (κ2) is 5.41. The monoisotopic (exact) mass is 308 g/mol. The average Bonchev–Trinajstić information content (AvgIpc) is 2.34. The second-order valence-electron chi connectivity index (χ2n) is 3.84. The van der Waals surface area contributed by atoms with E-state index in [-0.39, 0.29) is 0 Å². The maximum absolute atomic E-state index is 5.73. The van der Waals surface area contributed by atoms with Crippen LogP contribution in [-0.4, -0.2) is 15.2 Å². The quantitative estimate of drug-likeness (QED) is 0.943. The normalized spacial score (nSPS) is 10.4. The first-order valence-corrected chi connectivity index (χ1v) is 6.22. The SMILES string of the molecule is Cc1nnc(Oc2cncc(Br)c2)c(CN)c1C. The van der Waals surface area contributed by atoms with Crippen LogP contribution in [0.5, 0.6) is 11.6 Å². The molecule has 0 aliphatic carbocycles. The van der Waals surface area contributed by atoms with Gasteiger partial charge in [-0.15, -0.1) is 5.10 Å². The van der Waals surface area contributed by atoms with Gasteiger partial charge in [0.25, 0.3) is 0 Å². The molecule has 0 atom stereocenters. The Morgan fingerprint density at radius 1 is 1.28 bits per heavy atom. The van der Waals surface area contributed by atoms with E-state index in [1.165, 1.54) is 0 Å². The summed E-state index contributed by atoms with van der Waals surface area (Å²) in [5.74, 6) is 1.03. The van der Waals surface area contributed by atoms with Crippen LogP contribution < -0.4 is 10.5 Å². The zero-order valence-electron chi connectivity index (χ0n) is 10.1. The summed E-state index contributed by atoms with van der Waals surface area (Å²) in [6, 6.07) is 1.81. The average molecular weight is 309 g/mol. The molecule has 2 aromatic rings. The van der Waals surface area contributed by atoms with Crippen LogP contribution in [0.15, 0.2) is 22.9 Å². The lowest BCUT2D eigenvalue weighted by Gasteiger charge is -2.11. The number of halogens is 1. The van der Waals surface area contributed by atoms with Crippen LogP contribution in [0.25, 0.3) is 0 Å². The van der Waals surface area contributed by atoms with E-state index < -0.39 is 0 Å². The Morgan fingerprint density at radius 2 is 2.06 bits per heavy atom. The van der Waals surface area contributed by atoms with Crippen molar-refractivity contribution in [2.75, 3.05) is 0 Å². The fourth-order valence-corrected chi connectivity index (χ4v) is 1.86. The Balaban J connectivity index is 2.37. The topological polar surface area (TPSA) is 73.9 Å². The van der Waals surface area contributed by atoms with Gasteiger partial charge in [-0.1, -0.05) is 0 Å². The van der Waals surface area contributed by atoms with Gasteiger partial charge in [0.2, 0.25) is 5.88 Å². The van der Waals surface area contributed by atoms with E-state index in [0.717, 1.165) is 21.3 Å². The maximum atomic E-state index is 5.73. The Kier molecular flexibility index (Phi) is 3.88. The molecule has 94 valence electrons. The predicted octanol–water partition coefficient (Wildman–Crippen LogP) is 2.50. The van der Waals surface area contributed by atoms with Crippen LogP contribution in [0.2, 0.25) is 0 Å². The van der Waals surface area contributed by atoms with Gasteiger partial charge in [-0.25, -0.2) is 0 Å². The summed E-state index contributed by atoms with van der Waals surface area (Å²) in [5.41, 5.74) is 8.46. The fraction of sp³-hybridized carbons (Fsp3) is 0.250. The Labute approximate surface area is 114 Å². The number of rotatable bonds is 3. The first kappa shape index (κ1) is 12.9. The number of aromatic nitrogens is 3. The van der Waals surface area contributed by atoms with E-state index in [1.54, 1.807) is 12.4 Å². The summed E-state index contributed by atoms with van der Waals surface area (Å²) in [4.78, 5) is 4.02. The molecule has 0 aliphatic rings. The van der Waals surface area contributed by atoms with Crippen LogP contribution in [-0.2, 0) is 6.54 Å². The van der Waals surface area contributed by atoms with E-state index in [9.17, 15) is 0 Å². The lowest BCUT2D eigenvalue weighted by molar-refractivity contribution is 0.444. The first-order valence-electron chi connectivity index (χ1n) is 5.43. The van der Waals surface area contributed by atoms with Crippen molar-refractivity contribution in [3.63, 3.8) is 0 Å². The Hall–Kier alpha value is -1.53. The van der Waals surface area contributed by atoms with Gasteiger partial charge in [0, 0.05) is 22.8 Å². The van der Waals surface area contributed by atoms with Crippen LogP contribution in [0.1, 0.15) is 16.8 Å². The zero-order chi connectivity index (χ0) is 13.1. The molecular weight excluding hydrogens is 296 g/mol. The van der Waals surface area contributed by atoms with E-state index in [1.807, 2.05) is 19.9 Å². The largest absolute Gasteiger partial charge is 0.436 e. The standard InChI is InChI=1S/C12H13BrN4O/c1-7-8(2)16-17-12(11(7)4-14)18-10-3-9(13)5-15-6-10/h3,5-6H,4,14H2,1-2H3. The molecule has 0 aromatic carbocycles. The lowest BCUT2D eigenvalue weighted by atomic mass is 10.1. The minimum Gasteiger partial charge on any atom is -0.436 e. The Morgan fingerprint density at radius 3 is 2.72 bits per heavy atom. The molecule has 0 aliphatic heterocycles. The predicted molar refractivity (Wildman–Crippen MR) is 71.4 cm³/mol. The van der Waals surface area contributed by atoms with Crippen LogP contribution in [0, 0.1) is 13.8 Å². The summed E-state index contributed by atoms with van der Waals surface area (Å²) in [6.07, 6.45) is 3.30. The van der Waals surface area contributed by atoms with Crippen LogP contribution in [0.4, 0.5) is 0 Å². The van der Waals surface area contributed by atoms with E-state index in [0.29, 0.717) is 18.2 Å². The third kappa shape index (κ3) is 2.65. The van der Waals surface area contributed by atoms with Gasteiger partial charge in [0.15, 0.2) is 0 Å². The summed E-state index contributed by atoms with van der Waals surface area (Å²) < 4.78 is 6.51. The molecule has 0 spiro atoms. The first-order chi connectivity index (χ1) is 8.61. The number of pyridine rings is 1.